The lowest BCUT2D eigenvalue weighted by molar-refractivity contribution is -0.123. The number of carbonyl (C=O) groups excluding carboxylic acids is 1. The highest BCUT2D eigenvalue weighted by molar-refractivity contribution is 6.18. The minimum Gasteiger partial charge on any atom is -0.353 e. The summed E-state index contributed by atoms with van der Waals surface area (Å²) in [4.78, 5) is 12.6. The van der Waals surface area contributed by atoms with Crippen LogP contribution in [0.5, 0.6) is 0 Å². The van der Waals surface area contributed by atoms with E-state index in [-0.39, 0.29) is 11.8 Å². The Morgan fingerprint density at radius 2 is 2.10 bits per heavy atom. The predicted molar refractivity (Wildman–Crippen MR) is 84.5 cm³/mol. The summed E-state index contributed by atoms with van der Waals surface area (Å²) in [6.45, 7) is 0. The first-order valence-corrected chi connectivity index (χ1v) is 8.77. The molecule has 2 nitrogen and oxygen atoms in total. The van der Waals surface area contributed by atoms with Crippen molar-refractivity contribution in [2.45, 2.75) is 44.1 Å². The largest absolute Gasteiger partial charge is 0.353 e. The summed E-state index contributed by atoms with van der Waals surface area (Å²) in [6.07, 6.45) is 5.76. The molecule has 5 unspecified atom stereocenters. The van der Waals surface area contributed by atoms with Crippen molar-refractivity contribution < 1.29 is 4.79 Å². The minimum atomic E-state index is 0.213. The number of fused-ring (bicyclic) bond motifs is 3. The van der Waals surface area contributed by atoms with Gasteiger partial charge in [0.15, 0.2) is 0 Å². The molecule has 3 aliphatic carbocycles. The first kappa shape index (κ1) is 13.6. The topological polar surface area (TPSA) is 29.1 Å². The zero-order valence-corrected chi connectivity index (χ0v) is 13.0. The third-order valence-corrected chi connectivity index (χ3v) is 6.21. The molecule has 21 heavy (non-hydrogen) atoms. The van der Waals surface area contributed by atoms with Gasteiger partial charge in [0.25, 0.3) is 0 Å². The van der Waals surface area contributed by atoms with Crippen LogP contribution in [-0.2, 0) is 11.2 Å². The molecule has 1 amide bonds. The lowest BCUT2D eigenvalue weighted by Gasteiger charge is -2.19. The van der Waals surface area contributed by atoms with Gasteiger partial charge in [-0.2, -0.15) is 0 Å². The van der Waals surface area contributed by atoms with Crippen molar-refractivity contribution in [1.29, 1.82) is 0 Å². The number of nitrogens with one attached hydrogen (secondary N) is 1. The Balaban J connectivity index is 1.46. The average Bonchev–Trinajstić information content (AvgIpc) is 3.11. The summed E-state index contributed by atoms with van der Waals surface area (Å²) in [6, 6.07) is 8.97. The average molecular weight is 304 g/mol. The van der Waals surface area contributed by atoms with E-state index in [2.05, 4.69) is 29.6 Å². The van der Waals surface area contributed by atoms with Gasteiger partial charge in [0, 0.05) is 17.8 Å². The first-order valence-electron chi connectivity index (χ1n) is 8.23. The summed E-state index contributed by atoms with van der Waals surface area (Å²) in [7, 11) is 0. The van der Waals surface area contributed by atoms with E-state index in [0.29, 0.717) is 29.7 Å². The van der Waals surface area contributed by atoms with E-state index in [0.717, 1.165) is 19.3 Å². The molecule has 112 valence electrons. The fraction of sp³-hybridized carbons (Fsp3) is 0.611. The molecule has 0 radical (unpaired) electrons. The number of halogens is 1. The van der Waals surface area contributed by atoms with E-state index in [1.807, 2.05) is 0 Å². The van der Waals surface area contributed by atoms with Crippen LogP contribution < -0.4 is 5.32 Å². The number of hydrogen-bond acceptors (Lipinski definition) is 1. The van der Waals surface area contributed by atoms with Crippen LogP contribution in [0.2, 0.25) is 0 Å². The molecule has 3 aliphatic rings. The lowest BCUT2D eigenvalue weighted by Crippen LogP contribution is -2.39. The van der Waals surface area contributed by atoms with Gasteiger partial charge in [0.05, 0.1) is 0 Å². The van der Waals surface area contributed by atoms with Crippen LogP contribution in [-0.4, -0.2) is 17.8 Å². The number of rotatable bonds is 3. The molecule has 0 saturated heterocycles. The Morgan fingerprint density at radius 3 is 2.95 bits per heavy atom. The zero-order chi connectivity index (χ0) is 14.4. The number of alkyl halides is 1. The first-order chi connectivity index (χ1) is 10.3. The summed E-state index contributed by atoms with van der Waals surface area (Å²) in [5.41, 5.74) is 2.88. The molecule has 0 aromatic heterocycles. The third kappa shape index (κ3) is 2.28. The van der Waals surface area contributed by atoms with Crippen molar-refractivity contribution in [3.05, 3.63) is 35.4 Å². The van der Waals surface area contributed by atoms with Gasteiger partial charge in [-0.15, -0.1) is 11.6 Å². The molecule has 1 aromatic rings. The van der Waals surface area contributed by atoms with E-state index in [1.54, 1.807) is 0 Å². The van der Waals surface area contributed by atoms with Crippen molar-refractivity contribution in [2.75, 3.05) is 5.88 Å². The fourth-order valence-corrected chi connectivity index (χ4v) is 4.98. The maximum absolute atomic E-state index is 12.6. The quantitative estimate of drug-likeness (QED) is 0.851. The molecule has 0 spiro atoms. The van der Waals surface area contributed by atoms with E-state index in [4.69, 9.17) is 11.6 Å². The molecule has 4 rings (SSSR count). The van der Waals surface area contributed by atoms with E-state index >= 15 is 0 Å². The van der Waals surface area contributed by atoms with Crippen molar-refractivity contribution in [3.8, 4) is 0 Å². The molecule has 1 aromatic carbocycles. The summed E-state index contributed by atoms with van der Waals surface area (Å²) in [5, 5.41) is 3.31. The second kappa shape index (κ2) is 5.31. The van der Waals surface area contributed by atoms with Crippen molar-refractivity contribution in [3.63, 3.8) is 0 Å². The minimum absolute atomic E-state index is 0.213. The molecule has 3 heteroatoms. The van der Waals surface area contributed by atoms with E-state index in [1.165, 1.54) is 24.0 Å². The molecule has 0 bridgehead atoms. The highest BCUT2D eigenvalue weighted by Gasteiger charge is 2.57. The fourth-order valence-electron chi connectivity index (χ4n) is 4.61. The van der Waals surface area contributed by atoms with E-state index in [9.17, 15) is 4.79 Å². The van der Waals surface area contributed by atoms with Crippen LogP contribution in [0.1, 0.15) is 42.7 Å². The van der Waals surface area contributed by atoms with Crippen molar-refractivity contribution in [1.82, 2.24) is 5.32 Å². The number of amides is 1. The third-order valence-electron chi connectivity index (χ3n) is 5.82. The summed E-state index contributed by atoms with van der Waals surface area (Å²) >= 11 is 6.02. The van der Waals surface area contributed by atoms with Gasteiger partial charge in [-0.25, -0.2) is 0 Å². The molecule has 2 saturated carbocycles. The molecular weight excluding hydrogens is 282 g/mol. The van der Waals surface area contributed by atoms with Gasteiger partial charge in [0.2, 0.25) is 5.91 Å². The number of aryl methyl sites for hydroxylation is 1. The highest BCUT2D eigenvalue weighted by atomic mass is 35.5. The summed E-state index contributed by atoms with van der Waals surface area (Å²) < 4.78 is 0. The normalized spacial score (nSPS) is 36.7. The van der Waals surface area contributed by atoms with Gasteiger partial charge in [0.1, 0.15) is 0 Å². The molecule has 0 heterocycles. The van der Waals surface area contributed by atoms with Gasteiger partial charge >= 0.3 is 0 Å². The Morgan fingerprint density at radius 1 is 1.24 bits per heavy atom. The van der Waals surface area contributed by atoms with Crippen LogP contribution in [0.4, 0.5) is 0 Å². The lowest BCUT2D eigenvalue weighted by atomic mass is 9.92. The Kier molecular flexibility index (Phi) is 3.45. The van der Waals surface area contributed by atoms with Crippen molar-refractivity contribution in [2.24, 2.45) is 17.8 Å². The molecule has 5 atom stereocenters. The molecular formula is C18H22ClNO. The van der Waals surface area contributed by atoms with Crippen LogP contribution in [0, 0.1) is 17.8 Å². The standard InChI is InChI=1S/C18H22ClNO/c19-10-12-5-3-7-15(12)20-18(21)17-14-9-8-11-4-1-2-6-13(11)16(14)17/h1-2,4,6,12,14-17H,3,5,7-10H2,(H,20,21). The van der Waals surface area contributed by atoms with Crippen LogP contribution in [0.15, 0.2) is 24.3 Å². The number of benzene rings is 1. The molecule has 0 aliphatic heterocycles. The van der Waals surface area contributed by atoms with Gasteiger partial charge in [-0.05, 0) is 54.6 Å². The second-order valence-corrected chi connectivity index (χ2v) is 7.22. The maximum atomic E-state index is 12.6. The van der Waals surface area contributed by atoms with Crippen LogP contribution in [0.3, 0.4) is 0 Å². The number of hydrogen-bond donors (Lipinski definition) is 1. The maximum Gasteiger partial charge on any atom is 0.224 e. The molecule has 2 fully saturated rings. The zero-order valence-electron chi connectivity index (χ0n) is 12.2. The SMILES string of the molecule is O=C(NC1CCCC1CCl)C1C2CCc3ccccc3C21. The number of carbonyl (C=O) groups is 1. The Labute approximate surface area is 131 Å². The van der Waals surface area contributed by atoms with E-state index < -0.39 is 0 Å². The van der Waals surface area contributed by atoms with Gasteiger partial charge in [-0.3, -0.25) is 4.79 Å². The molecule has 1 N–H and O–H groups in total. The van der Waals surface area contributed by atoms with Crippen LogP contribution >= 0.6 is 11.6 Å². The van der Waals surface area contributed by atoms with Crippen LogP contribution in [0.25, 0.3) is 0 Å². The van der Waals surface area contributed by atoms with Gasteiger partial charge in [-0.1, -0.05) is 30.7 Å². The summed E-state index contributed by atoms with van der Waals surface area (Å²) in [5.74, 6) is 2.70. The Bertz CT molecular complexity index is 558. The smallest absolute Gasteiger partial charge is 0.224 e. The second-order valence-electron chi connectivity index (χ2n) is 6.91. The van der Waals surface area contributed by atoms with Crippen molar-refractivity contribution >= 4 is 17.5 Å². The predicted octanol–water partition coefficient (Wildman–Crippen LogP) is 3.49. The monoisotopic (exact) mass is 303 g/mol. The Hall–Kier alpha value is -1.02. The highest BCUT2D eigenvalue weighted by Crippen LogP contribution is 2.59. The van der Waals surface area contributed by atoms with Gasteiger partial charge < -0.3 is 5.32 Å².